The van der Waals surface area contributed by atoms with Crippen molar-refractivity contribution in [3.05, 3.63) is 76.3 Å². The molecule has 0 unspecified atom stereocenters. The largest absolute Gasteiger partial charge is 0.363 e. The van der Waals surface area contributed by atoms with Crippen molar-refractivity contribution in [3.63, 3.8) is 0 Å². The molecule has 2 N–H and O–H groups in total. The first-order chi connectivity index (χ1) is 12.6. The molecule has 4 aromatic rings. The molecule has 0 saturated heterocycles. The lowest BCUT2D eigenvalue weighted by molar-refractivity contribution is 0.855. The summed E-state index contributed by atoms with van der Waals surface area (Å²) in [6, 6.07) is 7.09. The van der Waals surface area contributed by atoms with E-state index in [9.17, 15) is 4.79 Å². The third kappa shape index (κ3) is 3.16. The first kappa shape index (κ1) is 16.3. The van der Waals surface area contributed by atoms with Crippen molar-refractivity contribution in [1.82, 2.24) is 24.5 Å². The lowest BCUT2D eigenvalue weighted by Gasteiger charge is -2.15. The number of halogens is 1. The second-order valence-electron chi connectivity index (χ2n) is 5.88. The van der Waals surface area contributed by atoms with E-state index in [4.69, 9.17) is 11.6 Å². The SMILES string of the molecule is C[C@H](Nc1cc(-n2ccnc2)ccn1)c1cc2cc(Cl)cnc2[nH]c1=O. The summed E-state index contributed by atoms with van der Waals surface area (Å²) in [4.78, 5) is 27.7. The van der Waals surface area contributed by atoms with E-state index < -0.39 is 0 Å². The van der Waals surface area contributed by atoms with Crippen LogP contribution in [0.2, 0.25) is 5.02 Å². The molecule has 4 heterocycles. The summed E-state index contributed by atoms with van der Waals surface area (Å²) in [7, 11) is 0. The molecular weight excluding hydrogens is 352 g/mol. The molecule has 26 heavy (non-hydrogen) atoms. The summed E-state index contributed by atoms with van der Waals surface area (Å²) in [5.41, 5.74) is 1.82. The number of aromatic nitrogens is 5. The Hall–Kier alpha value is -3.19. The number of H-pyrrole nitrogens is 1. The minimum absolute atomic E-state index is 0.196. The molecule has 0 spiro atoms. The van der Waals surface area contributed by atoms with E-state index >= 15 is 0 Å². The van der Waals surface area contributed by atoms with E-state index in [0.29, 0.717) is 22.1 Å². The van der Waals surface area contributed by atoms with Crippen molar-refractivity contribution >= 4 is 28.5 Å². The summed E-state index contributed by atoms with van der Waals surface area (Å²) in [6.45, 7) is 1.90. The van der Waals surface area contributed by atoms with E-state index in [-0.39, 0.29) is 11.6 Å². The van der Waals surface area contributed by atoms with Gasteiger partial charge in [0.2, 0.25) is 0 Å². The van der Waals surface area contributed by atoms with Crippen molar-refractivity contribution in [2.24, 2.45) is 0 Å². The fourth-order valence-corrected chi connectivity index (χ4v) is 2.94. The first-order valence-corrected chi connectivity index (χ1v) is 8.37. The molecule has 0 fully saturated rings. The molecule has 8 heteroatoms. The van der Waals surface area contributed by atoms with E-state index in [0.717, 1.165) is 11.1 Å². The second kappa shape index (κ2) is 6.61. The van der Waals surface area contributed by atoms with Gasteiger partial charge >= 0.3 is 0 Å². The van der Waals surface area contributed by atoms with Crippen LogP contribution >= 0.6 is 11.6 Å². The number of hydrogen-bond acceptors (Lipinski definition) is 5. The predicted molar refractivity (Wildman–Crippen MR) is 101 cm³/mol. The summed E-state index contributed by atoms with van der Waals surface area (Å²) in [5, 5.41) is 4.56. The summed E-state index contributed by atoms with van der Waals surface area (Å²) >= 11 is 6.00. The van der Waals surface area contributed by atoms with Crippen LogP contribution in [0, 0.1) is 0 Å². The molecule has 4 aromatic heterocycles. The third-order valence-corrected chi connectivity index (χ3v) is 4.27. The van der Waals surface area contributed by atoms with Crippen LogP contribution in [-0.2, 0) is 0 Å². The van der Waals surface area contributed by atoms with Crippen LogP contribution in [0.25, 0.3) is 16.7 Å². The minimum Gasteiger partial charge on any atom is -0.363 e. The quantitative estimate of drug-likeness (QED) is 0.578. The number of pyridine rings is 3. The number of aromatic amines is 1. The average Bonchev–Trinajstić information content (AvgIpc) is 3.16. The Morgan fingerprint density at radius 2 is 2.12 bits per heavy atom. The molecule has 0 aliphatic carbocycles. The maximum absolute atomic E-state index is 12.4. The van der Waals surface area contributed by atoms with Gasteiger partial charge < -0.3 is 14.9 Å². The van der Waals surface area contributed by atoms with Crippen LogP contribution in [0.4, 0.5) is 5.82 Å². The van der Waals surface area contributed by atoms with E-state index in [1.165, 1.54) is 6.20 Å². The van der Waals surface area contributed by atoms with Gasteiger partial charge in [0.15, 0.2) is 0 Å². The number of anilines is 1. The van der Waals surface area contributed by atoms with Crippen LogP contribution in [0.1, 0.15) is 18.5 Å². The van der Waals surface area contributed by atoms with Crippen LogP contribution in [0.3, 0.4) is 0 Å². The molecular formula is C18H15ClN6O. The Labute approximate surface area is 153 Å². The molecule has 0 bridgehead atoms. The molecule has 0 amide bonds. The van der Waals surface area contributed by atoms with Crippen molar-refractivity contribution < 1.29 is 0 Å². The lowest BCUT2D eigenvalue weighted by atomic mass is 10.1. The second-order valence-corrected chi connectivity index (χ2v) is 6.32. The molecule has 0 saturated carbocycles. The van der Waals surface area contributed by atoms with Crippen LogP contribution < -0.4 is 10.9 Å². The molecule has 130 valence electrons. The highest BCUT2D eigenvalue weighted by Crippen LogP contribution is 2.21. The first-order valence-electron chi connectivity index (χ1n) is 7.99. The van der Waals surface area contributed by atoms with Crippen molar-refractivity contribution in [2.45, 2.75) is 13.0 Å². The maximum atomic E-state index is 12.4. The Morgan fingerprint density at radius 1 is 1.23 bits per heavy atom. The number of nitrogens with zero attached hydrogens (tertiary/aromatic N) is 4. The van der Waals surface area contributed by atoms with Gasteiger partial charge in [0.25, 0.3) is 5.56 Å². The van der Waals surface area contributed by atoms with Gasteiger partial charge in [-0.25, -0.2) is 15.0 Å². The number of imidazole rings is 1. The van der Waals surface area contributed by atoms with Gasteiger partial charge in [0.1, 0.15) is 11.5 Å². The average molecular weight is 367 g/mol. The van der Waals surface area contributed by atoms with Gasteiger partial charge in [-0.05, 0) is 25.1 Å². The Balaban J connectivity index is 1.65. The van der Waals surface area contributed by atoms with E-state index in [2.05, 4.69) is 25.3 Å². The van der Waals surface area contributed by atoms with Crippen molar-refractivity contribution in [3.8, 4) is 5.69 Å². The van der Waals surface area contributed by atoms with Gasteiger partial charge in [-0.1, -0.05) is 11.6 Å². The molecule has 4 rings (SSSR count). The maximum Gasteiger partial charge on any atom is 0.254 e. The third-order valence-electron chi connectivity index (χ3n) is 4.07. The Kier molecular flexibility index (Phi) is 4.14. The predicted octanol–water partition coefficient (Wildman–Crippen LogP) is 3.33. The number of hydrogen-bond donors (Lipinski definition) is 2. The standard InChI is InChI=1S/C18H15ClN6O/c1-11(15-7-12-6-13(19)9-22-17(12)24-18(15)26)23-16-8-14(2-3-21-16)25-5-4-20-10-25/h2-11H,1H3,(H,21,23)(H,22,24,26)/t11-/m0/s1. The molecule has 7 nitrogen and oxygen atoms in total. The van der Waals surface area contributed by atoms with Gasteiger partial charge in [0, 0.05) is 41.8 Å². The van der Waals surface area contributed by atoms with E-state index in [1.807, 2.05) is 29.8 Å². The fraction of sp³-hybridized carbons (Fsp3) is 0.111. The Bertz CT molecular complexity index is 1120. The van der Waals surface area contributed by atoms with Gasteiger partial charge in [-0.15, -0.1) is 0 Å². The van der Waals surface area contributed by atoms with Crippen LogP contribution in [0.5, 0.6) is 0 Å². The molecule has 1 atom stereocenters. The van der Waals surface area contributed by atoms with Crippen molar-refractivity contribution in [2.75, 3.05) is 5.32 Å². The topological polar surface area (TPSA) is 88.5 Å². The highest BCUT2D eigenvalue weighted by Gasteiger charge is 2.13. The smallest absolute Gasteiger partial charge is 0.254 e. The molecule has 0 aliphatic heterocycles. The highest BCUT2D eigenvalue weighted by molar-refractivity contribution is 6.31. The summed E-state index contributed by atoms with van der Waals surface area (Å²) in [5.74, 6) is 0.660. The van der Waals surface area contributed by atoms with E-state index in [1.54, 1.807) is 30.9 Å². The van der Waals surface area contributed by atoms with Gasteiger partial charge in [0.05, 0.1) is 23.1 Å². The minimum atomic E-state index is -0.257. The summed E-state index contributed by atoms with van der Waals surface area (Å²) < 4.78 is 1.88. The molecule has 0 radical (unpaired) electrons. The number of fused-ring (bicyclic) bond motifs is 1. The molecule has 0 aromatic carbocycles. The molecule has 0 aliphatic rings. The van der Waals surface area contributed by atoms with Crippen molar-refractivity contribution in [1.29, 1.82) is 0 Å². The fourth-order valence-electron chi connectivity index (χ4n) is 2.77. The zero-order chi connectivity index (χ0) is 18.1. The number of rotatable bonds is 4. The number of nitrogens with one attached hydrogen (secondary N) is 2. The summed E-state index contributed by atoms with van der Waals surface area (Å²) in [6.07, 6.45) is 8.50. The monoisotopic (exact) mass is 366 g/mol. The van der Waals surface area contributed by atoms with Gasteiger partial charge in [-0.2, -0.15) is 0 Å². The zero-order valence-corrected chi connectivity index (χ0v) is 14.6. The van der Waals surface area contributed by atoms with Crippen LogP contribution in [0.15, 0.2) is 60.2 Å². The highest BCUT2D eigenvalue weighted by atomic mass is 35.5. The lowest BCUT2D eigenvalue weighted by Crippen LogP contribution is -2.20. The van der Waals surface area contributed by atoms with Gasteiger partial charge in [-0.3, -0.25) is 4.79 Å². The normalized spacial score (nSPS) is 12.2. The Morgan fingerprint density at radius 3 is 2.92 bits per heavy atom. The zero-order valence-electron chi connectivity index (χ0n) is 13.8. The van der Waals surface area contributed by atoms with Crippen LogP contribution in [-0.4, -0.2) is 24.5 Å².